The summed E-state index contributed by atoms with van der Waals surface area (Å²) in [7, 11) is 0. The number of likely N-dealkylation sites (N-methyl/N-ethyl adjacent to an activating group) is 1. The van der Waals surface area contributed by atoms with Gasteiger partial charge in [-0.1, -0.05) is 30.3 Å². The molecule has 144 valence electrons. The number of rotatable bonds is 8. The van der Waals surface area contributed by atoms with Crippen molar-refractivity contribution in [3.05, 3.63) is 84.3 Å². The van der Waals surface area contributed by atoms with Gasteiger partial charge in [0.15, 0.2) is 0 Å². The summed E-state index contributed by atoms with van der Waals surface area (Å²) in [5.74, 6) is 0.372. The minimum absolute atomic E-state index is 0.0699. The number of nitrogens with one attached hydrogen (secondary N) is 2. The number of hydrogen-bond acceptors (Lipinski definition) is 4. The SMILES string of the molecule is CCN(C(=O)CNc1ccccc1C(=O)NCc1ccco1)c1ccccc1. The molecular formula is C22H23N3O3. The van der Waals surface area contributed by atoms with Gasteiger partial charge in [0.05, 0.1) is 24.9 Å². The van der Waals surface area contributed by atoms with Gasteiger partial charge in [-0.25, -0.2) is 0 Å². The molecule has 0 spiro atoms. The van der Waals surface area contributed by atoms with Gasteiger partial charge < -0.3 is 20.0 Å². The second-order valence-corrected chi connectivity index (χ2v) is 6.13. The van der Waals surface area contributed by atoms with Gasteiger partial charge in [0.1, 0.15) is 5.76 Å². The zero-order valence-corrected chi connectivity index (χ0v) is 15.7. The van der Waals surface area contributed by atoms with E-state index >= 15 is 0 Å². The number of hydrogen-bond donors (Lipinski definition) is 2. The van der Waals surface area contributed by atoms with Crippen LogP contribution in [0.5, 0.6) is 0 Å². The first kappa shape index (κ1) is 19.2. The van der Waals surface area contributed by atoms with Gasteiger partial charge in [-0.05, 0) is 43.3 Å². The van der Waals surface area contributed by atoms with Crippen LogP contribution >= 0.6 is 0 Å². The number of para-hydroxylation sites is 2. The maximum atomic E-state index is 12.7. The van der Waals surface area contributed by atoms with Crippen LogP contribution in [0.1, 0.15) is 23.0 Å². The van der Waals surface area contributed by atoms with Gasteiger partial charge >= 0.3 is 0 Å². The van der Waals surface area contributed by atoms with Gasteiger partial charge in [-0.15, -0.1) is 0 Å². The quantitative estimate of drug-likeness (QED) is 0.628. The number of anilines is 2. The summed E-state index contributed by atoms with van der Waals surface area (Å²) in [6, 6.07) is 20.2. The number of carbonyl (C=O) groups is 2. The van der Waals surface area contributed by atoms with Crippen LogP contribution in [-0.4, -0.2) is 24.9 Å². The Morgan fingerprint density at radius 2 is 1.71 bits per heavy atom. The highest BCUT2D eigenvalue weighted by Crippen LogP contribution is 2.17. The third kappa shape index (κ3) is 4.79. The molecule has 0 unspecified atom stereocenters. The van der Waals surface area contributed by atoms with E-state index in [0.717, 1.165) is 5.69 Å². The largest absolute Gasteiger partial charge is 0.467 e. The molecule has 0 atom stereocenters. The zero-order chi connectivity index (χ0) is 19.8. The van der Waals surface area contributed by atoms with Crippen molar-refractivity contribution in [2.75, 3.05) is 23.3 Å². The molecule has 0 radical (unpaired) electrons. The maximum absolute atomic E-state index is 12.7. The Morgan fingerprint density at radius 1 is 0.964 bits per heavy atom. The van der Waals surface area contributed by atoms with Crippen LogP contribution in [0.2, 0.25) is 0 Å². The first-order chi connectivity index (χ1) is 13.7. The smallest absolute Gasteiger partial charge is 0.253 e. The highest BCUT2D eigenvalue weighted by Gasteiger charge is 2.16. The fourth-order valence-corrected chi connectivity index (χ4v) is 2.89. The van der Waals surface area contributed by atoms with Crippen LogP contribution in [0.25, 0.3) is 0 Å². The normalized spacial score (nSPS) is 10.3. The lowest BCUT2D eigenvalue weighted by atomic mass is 10.1. The topological polar surface area (TPSA) is 74.6 Å². The first-order valence-electron chi connectivity index (χ1n) is 9.18. The van der Waals surface area contributed by atoms with Crippen LogP contribution in [0, 0.1) is 0 Å². The fourth-order valence-electron chi connectivity index (χ4n) is 2.89. The molecule has 0 saturated carbocycles. The van der Waals surface area contributed by atoms with E-state index in [0.29, 0.717) is 30.1 Å². The molecule has 0 saturated heterocycles. The van der Waals surface area contributed by atoms with E-state index in [1.807, 2.05) is 43.3 Å². The molecule has 2 amide bonds. The number of benzene rings is 2. The Bertz CT molecular complexity index is 908. The Balaban J connectivity index is 1.64. The second kappa shape index (κ2) is 9.41. The highest BCUT2D eigenvalue weighted by molar-refractivity contribution is 6.01. The fraction of sp³-hybridized carbons (Fsp3) is 0.182. The van der Waals surface area contributed by atoms with Crippen molar-refractivity contribution in [2.45, 2.75) is 13.5 Å². The molecule has 0 bridgehead atoms. The summed E-state index contributed by atoms with van der Waals surface area (Å²) < 4.78 is 5.23. The monoisotopic (exact) mass is 377 g/mol. The number of furan rings is 1. The summed E-state index contributed by atoms with van der Waals surface area (Å²) in [6.45, 7) is 2.89. The van der Waals surface area contributed by atoms with Crippen molar-refractivity contribution < 1.29 is 14.0 Å². The summed E-state index contributed by atoms with van der Waals surface area (Å²) in [5.41, 5.74) is 1.93. The van der Waals surface area contributed by atoms with E-state index in [9.17, 15) is 9.59 Å². The third-order valence-electron chi connectivity index (χ3n) is 4.29. The molecule has 0 aliphatic heterocycles. The molecule has 1 aromatic heterocycles. The standard InChI is InChI=1S/C22H23N3O3/c1-2-25(17-9-4-3-5-10-17)21(26)16-23-20-13-7-6-12-19(20)22(27)24-15-18-11-8-14-28-18/h3-14,23H,2,15-16H2,1H3,(H,24,27). The predicted octanol–water partition coefficient (Wildman–Crippen LogP) is 3.67. The molecule has 6 nitrogen and oxygen atoms in total. The Morgan fingerprint density at radius 3 is 2.43 bits per heavy atom. The molecule has 3 aromatic rings. The minimum atomic E-state index is -0.234. The molecule has 2 N–H and O–H groups in total. The van der Waals surface area contributed by atoms with Gasteiger partial charge in [0, 0.05) is 17.9 Å². The van der Waals surface area contributed by atoms with Gasteiger partial charge in [-0.2, -0.15) is 0 Å². The molecular weight excluding hydrogens is 354 g/mol. The molecule has 0 aliphatic rings. The Labute approximate surface area is 164 Å². The lowest BCUT2D eigenvalue weighted by Gasteiger charge is -2.22. The average molecular weight is 377 g/mol. The van der Waals surface area contributed by atoms with Crippen molar-refractivity contribution >= 4 is 23.2 Å². The van der Waals surface area contributed by atoms with Crippen LogP contribution in [-0.2, 0) is 11.3 Å². The van der Waals surface area contributed by atoms with Crippen molar-refractivity contribution in [3.8, 4) is 0 Å². The van der Waals surface area contributed by atoms with E-state index in [2.05, 4.69) is 10.6 Å². The van der Waals surface area contributed by atoms with E-state index in [-0.39, 0.29) is 18.4 Å². The van der Waals surface area contributed by atoms with Gasteiger partial charge in [0.25, 0.3) is 5.91 Å². The third-order valence-corrected chi connectivity index (χ3v) is 4.29. The van der Waals surface area contributed by atoms with Crippen molar-refractivity contribution in [2.24, 2.45) is 0 Å². The second-order valence-electron chi connectivity index (χ2n) is 6.13. The summed E-state index contributed by atoms with van der Waals surface area (Å²) in [6.07, 6.45) is 1.56. The number of amides is 2. The molecule has 3 rings (SSSR count). The molecule has 0 fully saturated rings. The predicted molar refractivity (Wildman–Crippen MR) is 109 cm³/mol. The van der Waals surface area contributed by atoms with Crippen LogP contribution < -0.4 is 15.5 Å². The van der Waals surface area contributed by atoms with Crippen LogP contribution in [0.15, 0.2) is 77.4 Å². The van der Waals surface area contributed by atoms with Crippen molar-refractivity contribution in [1.82, 2.24) is 5.32 Å². The molecule has 0 aliphatic carbocycles. The minimum Gasteiger partial charge on any atom is -0.467 e. The van der Waals surface area contributed by atoms with Gasteiger partial charge in [0.2, 0.25) is 5.91 Å². The lowest BCUT2D eigenvalue weighted by Crippen LogP contribution is -2.35. The van der Waals surface area contributed by atoms with Crippen LogP contribution in [0.3, 0.4) is 0 Å². The highest BCUT2D eigenvalue weighted by atomic mass is 16.3. The van der Waals surface area contributed by atoms with E-state index < -0.39 is 0 Å². The van der Waals surface area contributed by atoms with E-state index in [4.69, 9.17) is 4.42 Å². The Hall–Kier alpha value is -3.54. The average Bonchev–Trinajstić information content (AvgIpc) is 3.26. The molecule has 6 heteroatoms. The number of carbonyl (C=O) groups excluding carboxylic acids is 2. The summed E-state index contributed by atoms with van der Waals surface area (Å²) >= 11 is 0. The van der Waals surface area contributed by atoms with E-state index in [1.54, 1.807) is 41.5 Å². The number of nitrogens with zero attached hydrogens (tertiary/aromatic N) is 1. The summed E-state index contributed by atoms with van der Waals surface area (Å²) in [4.78, 5) is 26.9. The maximum Gasteiger partial charge on any atom is 0.253 e. The molecule has 1 heterocycles. The molecule has 2 aromatic carbocycles. The molecule has 28 heavy (non-hydrogen) atoms. The zero-order valence-electron chi connectivity index (χ0n) is 15.7. The lowest BCUT2D eigenvalue weighted by molar-refractivity contribution is -0.116. The van der Waals surface area contributed by atoms with Gasteiger partial charge in [-0.3, -0.25) is 9.59 Å². The van der Waals surface area contributed by atoms with Crippen molar-refractivity contribution in [3.63, 3.8) is 0 Å². The summed E-state index contributed by atoms with van der Waals surface area (Å²) in [5, 5.41) is 5.92. The first-order valence-corrected chi connectivity index (χ1v) is 9.18. The Kier molecular flexibility index (Phi) is 6.46. The van der Waals surface area contributed by atoms with Crippen LogP contribution in [0.4, 0.5) is 11.4 Å². The van der Waals surface area contributed by atoms with E-state index in [1.165, 1.54) is 0 Å². The van der Waals surface area contributed by atoms with Crippen molar-refractivity contribution in [1.29, 1.82) is 0 Å².